The lowest BCUT2D eigenvalue weighted by Crippen LogP contribution is -2.30. The molecular weight excluding hydrogens is 173 g/mol. The van der Waals surface area contributed by atoms with Gasteiger partial charge in [0.25, 0.3) is 0 Å². The molecule has 0 bridgehead atoms. The number of alkyl halides is 1. The third-order valence-corrected chi connectivity index (χ3v) is 2.08. The number of alkyl carbamates (subject to hydrolysis) is 1. The van der Waals surface area contributed by atoms with Crippen LogP contribution < -0.4 is 5.32 Å². The predicted molar refractivity (Wildman–Crippen MR) is 47.2 cm³/mol. The number of ether oxygens (including phenoxy) is 1. The summed E-state index contributed by atoms with van der Waals surface area (Å²) in [5, 5.41) is 2.62. The lowest BCUT2D eigenvalue weighted by molar-refractivity contribution is 0.114. The summed E-state index contributed by atoms with van der Waals surface area (Å²) in [5.41, 5.74) is 0. The van der Waals surface area contributed by atoms with Gasteiger partial charge in [0.15, 0.2) is 0 Å². The minimum absolute atomic E-state index is 0.0142. The lowest BCUT2D eigenvalue weighted by atomic mass is 10.3. The first-order chi connectivity index (χ1) is 6.00. The number of amides is 1. The number of nitrogens with one attached hydrogen (secondary N) is 1. The number of rotatable bonds is 3. The van der Waals surface area contributed by atoms with E-state index in [1.54, 1.807) is 13.8 Å². The van der Waals surface area contributed by atoms with Crippen molar-refractivity contribution < 1.29 is 13.9 Å². The minimum atomic E-state index is -0.843. The van der Waals surface area contributed by atoms with Gasteiger partial charge in [-0.1, -0.05) is 0 Å². The number of carbonyl (C=O) groups is 1. The second-order valence-electron chi connectivity index (χ2n) is 3.78. The van der Waals surface area contributed by atoms with Gasteiger partial charge in [-0.05, 0) is 27.2 Å². The molecule has 1 aliphatic carbocycles. The maximum absolute atomic E-state index is 12.7. The van der Waals surface area contributed by atoms with Crippen molar-refractivity contribution in [3.8, 4) is 0 Å². The molecule has 76 valence electrons. The van der Waals surface area contributed by atoms with Gasteiger partial charge in [-0.3, -0.25) is 0 Å². The predicted octanol–water partition coefficient (Wildman–Crippen LogP) is 1.87. The highest BCUT2D eigenvalue weighted by Gasteiger charge is 2.42. The Balaban J connectivity index is 2.17. The Labute approximate surface area is 77.6 Å². The third kappa shape index (κ3) is 3.20. The van der Waals surface area contributed by atoms with E-state index in [1.165, 1.54) is 6.92 Å². The van der Waals surface area contributed by atoms with Crippen LogP contribution in [0.5, 0.6) is 0 Å². The molecule has 1 unspecified atom stereocenters. The largest absolute Gasteiger partial charge is 0.447 e. The molecule has 1 N–H and O–H groups in total. The molecule has 3 nitrogen and oxygen atoms in total. The highest BCUT2D eigenvalue weighted by molar-refractivity contribution is 5.68. The van der Waals surface area contributed by atoms with Crippen molar-refractivity contribution in [3.05, 3.63) is 0 Å². The molecule has 0 heterocycles. The smallest absolute Gasteiger partial charge is 0.407 e. The van der Waals surface area contributed by atoms with Crippen molar-refractivity contribution in [2.24, 2.45) is 5.92 Å². The van der Waals surface area contributed by atoms with Crippen LogP contribution in [0.2, 0.25) is 0 Å². The molecule has 1 amide bonds. The maximum atomic E-state index is 12.7. The summed E-state index contributed by atoms with van der Waals surface area (Å²) in [6.07, 6.45) is -0.683. The Morgan fingerprint density at radius 2 is 2.15 bits per heavy atom. The summed E-state index contributed by atoms with van der Waals surface area (Å²) < 4.78 is 17.5. The van der Waals surface area contributed by atoms with Gasteiger partial charge >= 0.3 is 6.09 Å². The summed E-state index contributed by atoms with van der Waals surface area (Å²) in [5.74, 6) is -0.0142. The van der Waals surface area contributed by atoms with Crippen molar-refractivity contribution in [2.45, 2.75) is 45.5 Å². The van der Waals surface area contributed by atoms with Crippen LogP contribution in [-0.4, -0.2) is 24.4 Å². The molecule has 0 aliphatic heterocycles. The van der Waals surface area contributed by atoms with E-state index in [2.05, 4.69) is 5.32 Å². The van der Waals surface area contributed by atoms with Crippen molar-refractivity contribution in [3.63, 3.8) is 0 Å². The normalized spacial score (nSPS) is 28.4. The molecule has 1 aliphatic rings. The highest BCUT2D eigenvalue weighted by Crippen LogP contribution is 2.35. The quantitative estimate of drug-likeness (QED) is 0.736. The Morgan fingerprint density at radius 3 is 2.54 bits per heavy atom. The van der Waals surface area contributed by atoms with Gasteiger partial charge in [0.2, 0.25) is 0 Å². The molecule has 0 saturated heterocycles. The summed E-state index contributed by atoms with van der Waals surface area (Å²) in [7, 11) is 0. The molecule has 0 aromatic heterocycles. The van der Waals surface area contributed by atoms with Gasteiger partial charge in [0.1, 0.15) is 6.17 Å². The van der Waals surface area contributed by atoms with E-state index in [9.17, 15) is 9.18 Å². The van der Waals surface area contributed by atoms with Crippen LogP contribution in [0.15, 0.2) is 0 Å². The molecular formula is C9H16FNO2. The number of halogens is 1. The lowest BCUT2D eigenvalue weighted by Gasteiger charge is -2.09. The third-order valence-electron chi connectivity index (χ3n) is 2.08. The zero-order valence-corrected chi connectivity index (χ0v) is 8.21. The van der Waals surface area contributed by atoms with Crippen LogP contribution in [0.25, 0.3) is 0 Å². The van der Waals surface area contributed by atoms with E-state index in [0.29, 0.717) is 0 Å². The van der Waals surface area contributed by atoms with Gasteiger partial charge in [-0.25, -0.2) is 9.18 Å². The Bertz CT molecular complexity index is 194. The second kappa shape index (κ2) is 3.94. The standard InChI is InChI=1S/C9H16FNO2/c1-5(2)13-9(12)11-8-4-7(8)6(3)10/h5-8H,4H2,1-3H3,(H,11,12)/t6?,7-,8+/m1/s1. The highest BCUT2D eigenvalue weighted by atomic mass is 19.1. The van der Waals surface area contributed by atoms with Crippen LogP contribution in [0.3, 0.4) is 0 Å². The minimum Gasteiger partial charge on any atom is -0.447 e. The average molecular weight is 189 g/mol. The molecule has 0 aromatic rings. The van der Waals surface area contributed by atoms with Crippen molar-refractivity contribution in [1.82, 2.24) is 5.32 Å². The van der Waals surface area contributed by atoms with E-state index >= 15 is 0 Å². The van der Waals surface area contributed by atoms with Crippen LogP contribution in [0.1, 0.15) is 27.2 Å². The number of hydrogen-bond donors (Lipinski definition) is 1. The van der Waals surface area contributed by atoms with Gasteiger partial charge in [0.05, 0.1) is 6.10 Å². The molecule has 4 heteroatoms. The van der Waals surface area contributed by atoms with Gasteiger partial charge in [0, 0.05) is 12.0 Å². The first kappa shape index (κ1) is 10.3. The Hall–Kier alpha value is -0.800. The fourth-order valence-corrected chi connectivity index (χ4v) is 1.29. The van der Waals surface area contributed by atoms with Crippen molar-refractivity contribution >= 4 is 6.09 Å². The fraction of sp³-hybridized carbons (Fsp3) is 0.889. The Morgan fingerprint density at radius 1 is 1.54 bits per heavy atom. The summed E-state index contributed by atoms with van der Waals surface area (Å²) in [4.78, 5) is 11.0. The maximum Gasteiger partial charge on any atom is 0.407 e. The van der Waals surface area contributed by atoms with Crippen molar-refractivity contribution in [2.75, 3.05) is 0 Å². The molecule has 0 radical (unpaired) electrons. The van der Waals surface area contributed by atoms with E-state index < -0.39 is 12.3 Å². The zero-order chi connectivity index (χ0) is 10.0. The zero-order valence-electron chi connectivity index (χ0n) is 8.21. The van der Waals surface area contributed by atoms with E-state index in [4.69, 9.17) is 4.74 Å². The first-order valence-corrected chi connectivity index (χ1v) is 4.62. The molecule has 3 atom stereocenters. The van der Waals surface area contributed by atoms with Gasteiger partial charge < -0.3 is 10.1 Å². The van der Waals surface area contributed by atoms with Gasteiger partial charge in [-0.15, -0.1) is 0 Å². The average Bonchev–Trinajstić information content (AvgIpc) is 2.64. The number of carbonyl (C=O) groups excluding carboxylic acids is 1. The summed E-state index contributed by atoms with van der Waals surface area (Å²) in [6, 6.07) is -0.0220. The molecule has 0 aromatic carbocycles. The SMILES string of the molecule is CC(C)OC(=O)N[C@H]1C[C@@H]1C(C)F. The van der Waals surface area contributed by atoms with Crippen LogP contribution >= 0.6 is 0 Å². The van der Waals surface area contributed by atoms with E-state index in [1.807, 2.05) is 0 Å². The second-order valence-corrected chi connectivity index (χ2v) is 3.78. The van der Waals surface area contributed by atoms with E-state index in [-0.39, 0.29) is 18.1 Å². The first-order valence-electron chi connectivity index (χ1n) is 4.62. The van der Waals surface area contributed by atoms with Gasteiger partial charge in [-0.2, -0.15) is 0 Å². The monoisotopic (exact) mass is 189 g/mol. The van der Waals surface area contributed by atoms with Crippen molar-refractivity contribution in [1.29, 1.82) is 0 Å². The molecule has 13 heavy (non-hydrogen) atoms. The molecule has 1 rings (SSSR count). The van der Waals surface area contributed by atoms with E-state index in [0.717, 1.165) is 6.42 Å². The summed E-state index contributed by atoms with van der Waals surface area (Å²) in [6.45, 7) is 5.07. The van der Waals surface area contributed by atoms with Crippen LogP contribution in [-0.2, 0) is 4.74 Å². The number of hydrogen-bond acceptors (Lipinski definition) is 2. The summed E-state index contributed by atoms with van der Waals surface area (Å²) >= 11 is 0. The molecule has 1 saturated carbocycles. The molecule has 0 spiro atoms. The Kier molecular flexibility index (Phi) is 3.12. The topological polar surface area (TPSA) is 38.3 Å². The van der Waals surface area contributed by atoms with Crippen LogP contribution in [0, 0.1) is 5.92 Å². The fourth-order valence-electron chi connectivity index (χ4n) is 1.29. The molecule has 1 fully saturated rings. The van der Waals surface area contributed by atoms with Crippen LogP contribution in [0.4, 0.5) is 9.18 Å².